The van der Waals surface area contributed by atoms with Gasteiger partial charge in [-0.2, -0.15) is 4.98 Å². The maximum atomic E-state index is 12.1. The third-order valence-electron chi connectivity index (χ3n) is 2.38. The van der Waals surface area contributed by atoms with Crippen molar-refractivity contribution < 1.29 is 13.5 Å². The van der Waals surface area contributed by atoms with Crippen LogP contribution in [-0.4, -0.2) is 29.5 Å². The van der Waals surface area contributed by atoms with Crippen LogP contribution in [0.1, 0.15) is 31.5 Å². The highest BCUT2D eigenvalue weighted by atomic mass is 19.3. The molecular weight excluding hydrogens is 228 g/mol. The molecule has 0 aromatic carbocycles. The van der Waals surface area contributed by atoms with Crippen molar-refractivity contribution in [2.75, 3.05) is 18.5 Å². The summed E-state index contributed by atoms with van der Waals surface area (Å²) < 4.78 is 29.0. The summed E-state index contributed by atoms with van der Waals surface area (Å²) >= 11 is 0. The largest absolute Gasteiger partial charge is 0.471 e. The van der Waals surface area contributed by atoms with Crippen LogP contribution in [0, 0.1) is 0 Å². The molecule has 1 N–H and O–H groups in total. The summed E-state index contributed by atoms with van der Waals surface area (Å²) in [6.07, 6.45) is -0.370. The monoisotopic (exact) mass is 243 g/mol. The van der Waals surface area contributed by atoms with Gasteiger partial charge in [0.25, 0.3) is 6.43 Å². The van der Waals surface area contributed by atoms with Crippen molar-refractivity contribution in [1.82, 2.24) is 9.97 Å². The van der Waals surface area contributed by atoms with E-state index in [1.165, 1.54) is 0 Å². The number of ether oxygens (including phenoxy) is 1. The lowest BCUT2D eigenvalue weighted by Crippen LogP contribution is -2.10. The number of alkyl halides is 2. The highest BCUT2D eigenvalue weighted by molar-refractivity contribution is 5.39. The molecule has 4 nitrogen and oxygen atoms in total. The molecule has 0 unspecified atom stereocenters. The van der Waals surface area contributed by atoms with E-state index in [1.807, 2.05) is 6.92 Å². The second-order valence-electron chi connectivity index (χ2n) is 3.96. The van der Waals surface area contributed by atoms with E-state index in [0.29, 0.717) is 17.6 Å². The molecule has 1 aromatic rings. The van der Waals surface area contributed by atoms with Crippen molar-refractivity contribution in [3.8, 4) is 5.88 Å². The first-order valence-electron chi connectivity index (χ1n) is 5.73. The Morgan fingerprint density at radius 3 is 2.82 bits per heavy atom. The van der Waals surface area contributed by atoms with Crippen LogP contribution in [0.2, 0.25) is 0 Å². The van der Waals surface area contributed by atoms with E-state index < -0.39 is 13.0 Å². The minimum Gasteiger partial charge on any atom is -0.471 e. The van der Waals surface area contributed by atoms with E-state index >= 15 is 0 Å². The molecule has 0 atom stereocenters. The molecule has 17 heavy (non-hydrogen) atoms. The zero-order valence-electron chi connectivity index (χ0n) is 9.62. The lowest BCUT2D eigenvalue weighted by atomic mass is 10.4. The maximum absolute atomic E-state index is 12.1. The van der Waals surface area contributed by atoms with Gasteiger partial charge in [0.1, 0.15) is 11.6 Å². The molecule has 1 aliphatic rings. The van der Waals surface area contributed by atoms with E-state index in [2.05, 4.69) is 15.3 Å². The van der Waals surface area contributed by atoms with Gasteiger partial charge in [0.2, 0.25) is 5.88 Å². The van der Waals surface area contributed by atoms with Crippen LogP contribution in [-0.2, 0) is 0 Å². The first kappa shape index (κ1) is 12.0. The summed E-state index contributed by atoms with van der Waals surface area (Å²) in [7, 11) is 0. The summed E-state index contributed by atoms with van der Waals surface area (Å²) in [5, 5.41) is 3.04. The zero-order chi connectivity index (χ0) is 12.3. The van der Waals surface area contributed by atoms with Crippen molar-refractivity contribution in [3.05, 3.63) is 11.9 Å². The van der Waals surface area contributed by atoms with E-state index in [-0.39, 0.29) is 5.88 Å². The molecule has 1 saturated carbocycles. The number of halogens is 2. The Morgan fingerprint density at radius 2 is 2.24 bits per heavy atom. The van der Waals surface area contributed by atoms with Gasteiger partial charge in [-0.3, -0.25) is 0 Å². The minimum atomic E-state index is -2.49. The van der Waals surface area contributed by atoms with E-state index in [0.717, 1.165) is 19.4 Å². The average molecular weight is 243 g/mol. The second-order valence-corrected chi connectivity index (χ2v) is 3.96. The fourth-order valence-corrected chi connectivity index (χ4v) is 1.46. The Balaban J connectivity index is 2.12. The molecule has 0 bridgehead atoms. The first-order chi connectivity index (χ1) is 8.19. The molecule has 0 spiro atoms. The predicted octanol–water partition coefficient (Wildman–Crippen LogP) is 2.43. The number of hydrogen-bond donors (Lipinski definition) is 1. The zero-order valence-corrected chi connectivity index (χ0v) is 9.62. The topological polar surface area (TPSA) is 47.0 Å². The summed E-state index contributed by atoms with van der Waals surface area (Å²) in [4.78, 5) is 8.47. The van der Waals surface area contributed by atoms with Crippen LogP contribution in [0.5, 0.6) is 5.88 Å². The standard InChI is InChI=1S/C11H15F2N3O/c1-2-14-9-5-10(17-6-8(12)13)16-11(15-9)7-3-4-7/h5,7-8H,2-4,6H2,1H3,(H,14,15,16). The fraction of sp³-hybridized carbons (Fsp3) is 0.636. The molecule has 0 amide bonds. The van der Waals surface area contributed by atoms with E-state index in [9.17, 15) is 8.78 Å². The molecule has 1 fully saturated rings. The van der Waals surface area contributed by atoms with Crippen LogP contribution in [0.25, 0.3) is 0 Å². The molecule has 1 aliphatic carbocycles. The quantitative estimate of drug-likeness (QED) is 0.833. The number of nitrogens with zero attached hydrogens (tertiary/aromatic N) is 2. The second kappa shape index (κ2) is 5.25. The number of anilines is 1. The summed E-state index contributed by atoms with van der Waals surface area (Å²) in [5.41, 5.74) is 0. The number of nitrogens with one attached hydrogen (secondary N) is 1. The van der Waals surface area contributed by atoms with Gasteiger partial charge in [-0.1, -0.05) is 0 Å². The van der Waals surface area contributed by atoms with Gasteiger partial charge in [-0.05, 0) is 19.8 Å². The SMILES string of the molecule is CCNc1cc(OCC(F)F)nc(C2CC2)n1. The summed E-state index contributed by atoms with van der Waals surface area (Å²) in [6, 6.07) is 1.55. The van der Waals surface area contributed by atoms with Gasteiger partial charge in [-0.25, -0.2) is 13.8 Å². The van der Waals surface area contributed by atoms with Crippen LogP contribution < -0.4 is 10.1 Å². The average Bonchev–Trinajstić information content (AvgIpc) is 3.10. The van der Waals surface area contributed by atoms with Crippen LogP contribution in [0.15, 0.2) is 6.07 Å². The highest BCUT2D eigenvalue weighted by Crippen LogP contribution is 2.39. The Bertz CT molecular complexity index is 383. The Kier molecular flexibility index (Phi) is 3.71. The van der Waals surface area contributed by atoms with Gasteiger partial charge < -0.3 is 10.1 Å². The van der Waals surface area contributed by atoms with E-state index in [4.69, 9.17) is 4.74 Å². The molecule has 1 aromatic heterocycles. The molecule has 2 rings (SSSR count). The van der Waals surface area contributed by atoms with Crippen LogP contribution in [0.4, 0.5) is 14.6 Å². The van der Waals surface area contributed by atoms with Gasteiger partial charge in [0, 0.05) is 18.5 Å². The van der Waals surface area contributed by atoms with Crippen molar-refractivity contribution in [3.63, 3.8) is 0 Å². The van der Waals surface area contributed by atoms with Gasteiger partial charge >= 0.3 is 0 Å². The molecule has 0 radical (unpaired) electrons. The van der Waals surface area contributed by atoms with Gasteiger partial charge in [0.05, 0.1) is 0 Å². The van der Waals surface area contributed by atoms with Crippen LogP contribution in [0.3, 0.4) is 0 Å². The number of rotatable bonds is 6. The normalized spacial score (nSPS) is 15.1. The Morgan fingerprint density at radius 1 is 1.47 bits per heavy atom. The molecular formula is C11H15F2N3O. The lowest BCUT2D eigenvalue weighted by molar-refractivity contribution is 0.0794. The Labute approximate surface area is 98.4 Å². The molecule has 0 saturated heterocycles. The predicted molar refractivity (Wildman–Crippen MR) is 59.7 cm³/mol. The third kappa shape index (κ3) is 3.51. The van der Waals surface area contributed by atoms with Crippen molar-refractivity contribution in [2.24, 2.45) is 0 Å². The summed E-state index contributed by atoms with van der Waals surface area (Å²) in [5.74, 6) is 1.90. The molecule has 6 heteroatoms. The van der Waals surface area contributed by atoms with Crippen molar-refractivity contribution >= 4 is 5.82 Å². The molecule has 94 valence electrons. The number of aromatic nitrogens is 2. The van der Waals surface area contributed by atoms with E-state index in [1.54, 1.807) is 6.07 Å². The Hall–Kier alpha value is -1.46. The molecule has 1 heterocycles. The molecule has 0 aliphatic heterocycles. The van der Waals surface area contributed by atoms with Gasteiger partial charge in [-0.15, -0.1) is 0 Å². The maximum Gasteiger partial charge on any atom is 0.272 e. The highest BCUT2D eigenvalue weighted by Gasteiger charge is 2.27. The third-order valence-corrected chi connectivity index (χ3v) is 2.38. The minimum absolute atomic E-state index is 0.221. The van der Waals surface area contributed by atoms with Crippen molar-refractivity contribution in [2.45, 2.75) is 32.1 Å². The van der Waals surface area contributed by atoms with Crippen molar-refractivity contribution in [1.29, 1.82) is 0 Å². The fourth-order valence-electron chi connectivity index (χ4n) is 1.46. The number of hydrogen-bond acceptors (Lipinski definition) is 4. The van der Waals surface area contributed by atoms with Crippen LogP contribution >= 0.6 is 0 Å². The first-order valence-corrected chi connectivity index (χ1v) is 5.73. The smallest absolute Gasteiger partial charge is 0.272 e. The van der Waals surface area contributed by atoms with Gasteiger partial charge in [0.15, 0.2) is 6.61 Å². The lowest BCUT2D eigenvalue weighted by Gasteiger charge is -2.09. The summed E-state index contributed by atoms with van der Waals surface area (Å²) in [6.45, 7) is 2.03.